The van der Waals surface area contributed by atoms with Crippen molar-refractivity contribution in [3.63, 3.8) is 0 Å². The molecule has 1 amide bonds. The number of sulfonamides is 1. The van der Waals surface area contributed by atoms with E-state index in [2.05, 4.69) is 10.3 Å². The first-order valence-electron chi connectivity index (χ1n) is 5.34. The average Bonchev–Trinajstić information content (AvgIpc) is 2.74. The van der Waals surface area contributed by atoms with E-state index in [1.807, 2.05) is 13.8 Å². The summed E-state index contributed by atoms with van der Waals surface area (Å²) in [6, 6.07) is 1.22. The van der Waals surface area contributed by atoms with Gasteiger partial charge in [-0.15, -0.1) is 0 Å². The summed E-state index contributed by atoms with van der Waals surface area (Å²) in [5.74, 6) is 0.0480. The van der Waals surface area contributed by atoms with Crippen LogP contribution in [0.1, 0.15) is 30.8 Å². The minimum atomic E-state index is -3.76. The summed E-state index contributed by atoms with van der Waals surface area (Å²) >= 11 is 0. The zero-order valence-electron chi connectivity index (χ0n) is 9.86. The Kier molecular flexibility index (Phi) is 4.30. The number of nitrogens with one attached hydrogen (secondary N) is 2. The Morgan fingerprint density at radius 3 is 2.71 bits per heavy atom. The Hall–Kier alpha value is -1.34. The first-order valence-corrected chi connectivity index (χ1v) is 6.88. The van der Waals surface area contributed by atoms with Gasteiger partial charge in [-0.25, -0.2) is 13.6 Å². The van der Waals surface area contributed by atoms with Crippen LogP contribution in [-0.4, -0.2) is 25.9 Å². The van der Waals surface area contributed by atoms with Crippen molar-refractivity contribution >= 4 is 15.9 Å². The van der Waals surface area contributed by atoms with Gasteiger partial charge in [-0.05, 0) is 12.0 Å². The van der Waals surface area contributed by atoms with Crippen molar-refractivity contribution in [3.8, 4) is 0 Å². The number of carbonyl (C=O) groups excluding carboxylic acids is 1. The number of carbonyl (C=O) groups is 1. The maximum atomic E-state index is 11.6. The lowest BCUT2D eigenvalue weighted by Crippen LogP contribution is -2.28. The number of H-pyrrole nitrogens is 1. The lowest BCUT2D eigenvalue weighted by Gasteiger charge is -2.08. The Morgan fingerprint density at radius 1 is 1.59 bits per heavy atom. The molecule has 1 unspecified atom stereocenters. The van der Waals surface area contributed by atoms with Crippen LogP contribution in [0.5, 0.6) is 0 Å². The molecule has 1 aromatic rings. The van der Waals surface area contributed by atoms with Crippen LogP contribution in [-0.2, 0) is 10.0 Å². The number of hydrogen-bond acceptors (Lipinski definition) is 3. The van der Waals surface area contributed by atoms with Crippen molar-refractivity contribution in [2.75, 3.05) is 6.54 Å². The number of hydrogen-bond donors (Lipinski definition) is 3. The van der Waals surface area contributed by atoms with E-state index in [0.29, 0.717) is 12.5 Å². The number of nitrogens with two attached hydrogens (primary N) is 1. The van der Waals surface area contributed by atoms with Crippen molar-refractivity contribution in [1.82, 2.24) is 10.3 Å². The van der Waals surface area contributed by atoms with Gasteiger partial charge in [-0.1, -0.05) is 20.3 Å². The summed E-state index contributed by atoms with van der Waals surface area (Å²) in [5, 5.41) is 7.64. The van der Waals surface area contributed by atoms with Crippen LogP contribution in [0.2, 0.25) is 0 Å². The normalized spacial score (nSPS) is 13.4. The predicted molar refractivity (Wildman–Crippen MR) is 64.0 cm³/mol. The van der Waals surface area contributed by atoms with E-state index in [4.69, 9.17) is 5.14 Å². The average molecular weight is 259 g/mol. The van der Waals surface area contributed by atoms with Crippen molar-refractivity contribution in [2.45, 2.75) is 25.2 Å². The molecule has 17 heavy (non-hydrogen) atoms. The van der Waals surface area contributed by atoms with Gasteiger partial charge in [0.1, 0.15) is 5.69 Å². The van der Waals surface area contributed by atoms with Gasteiger partial charge in [0, 0.05) is 12.7 Å². The smallest absolute Gasteiger partial charge is 0.267 e. The lowest BCUT2D eigenvalue weighted by atomic mass is 10.1. The number of primary sulfonamides is 1. The minimum absolute atomic E-state index is 0.0915. The molecule has 0 saturated carbocycles. The van der Waals surface area contributed by atoms with Crippen molar-refractivity contribution in [2.24, 2.45) is 11.1 Å². The first kappa shape index (κ1) is 13.7. The summed E-state index contributed by atoms with van der Waals surface area (Å²) in [5.41, 5.74) is 0.192. The third kappa shape index (κ3) is 3.86. The number of aromatic nitrogens is 1. The predicted octanol–water partition coefficient (Wildman–Crippen LogP) is 0.438. The molecule has 1 atom stereocenters. The fraction of sp³-hybridized carbons (Fsp3) is 0.500. The van der Waals surface area contributed by atoms with Crippen LogP contribution in [0.15, 0.2) is 17.2 Å². The molecule has 4 N–H and O–H groups in total. The van der Waals surface area contributed by atoms with Crippen LogP contribution in [0, 0.1) is 5.92 Å². The molecule has 7 heteroatoms. The molecular weight excluding hydrogens is 242 g/mol. The first-order chi connectivity index (χ1) is 7.84. The lowest BCUT2D eigenvalue weighted by molar-refractivity contribution is 0.0943. The molecule has 6 nitrogen and oxygen atoms in total. The highest BCUT2D eigenvalue weighted by molar-refractivity contribution is 7.89. The van der Waals surface area contributed by atoms with Gasteiger partial charge in [-0.3, -0.25) is 4.79 Å². The van der Waals surface area contributed by atoms with Crippen molar-refractivity contribution < 1.29 is 13.2 Å². The van der Waals surface area contributed by atoms with Gasteiger partial charge in [0.05, 0.1) is 4.90 Å². The van der Waals surface area contributed by atoms with Gasteiger partial charge in [0.2, 0.25) is 10.0 Å². The molecule has 0 bridgehead atoms. The molecule has 0 aliphatic rings. The minimum Gasteiger partial charge on any atom is -0.356 e. The Balaban J connectivity index is 2.68. The van der Waals surface area contributed by atoms with Gasteiger partial charge < -0.3 is 10.3 Å². The molecule has 0 saturated heterocycles. The van der Waals surface area contributed by atoms with Crippen LogP contribution in [0.3, 0.4) is 0 Å². The largest absolute Gasteiger partial charge is 0.356 e. The van der Waals surface area contributed by atoms with Crippen LogP contribution >= 0.6 is 0 Å². The van der Waals surface area contributed by atoms with Crippen LogP contribution < -0.4 is 10.5 Å². The highest BCUT2D eigenvalue weighted by Gasteiger charge is 2.14. The standard InChI is InChI=1S/C10H17N3O3S/c1-3-7(2)5-13-10(14)9-4-8(6-12-9)17(11,15)16/h4,6-7,12H,3,5H2,1-2H3,(H,13,14)(H2,11,15,16). The Bertz CT molecular complexity index is 493. The highest BCUT2D eigenvalue weighted by atomic mass is 32.2. The Morgan fingerprint density at radius 2 is 2.24 bits per heavy atom. The summed E-state index contributed by atoms with van der Waals surface area (Å²) < 4.78 is 22.0. The van der Waals surface area contributed by atoms with E-state index in [1.165, 1.54) is 12.3 Å². The van der Waals surface area contributed by atoms with E-state index in [-0.39, 0.29) is 16.5 Å². The molecule has 0 fully saturated rings. The second-order valence-electron chi connectivity index (χ2n) is 4.02. The topological polar surface area (TPSA) is 105 Å². The summed E-state index contributed by atoms with van der Waals surface area (Å²) in [6.07, 6.45) is 2.17. The molecule has 0 radical (unpaired) electrons. The van der Waals surface area contributed by atoms with E-state index < -0.39 is 10.0 Å². The van der Waals surface area contributed by atoms with Crippen molar-refractivity contribution in [3.05, 3.63) is 18.0 Å². The molecule has 0 aliphatic heterocycles. The van der Waals surface area contributed by atoms with Gasteiger partial charge in [-0.2, -0.15) is 0 Å². The van der Waals surface area contributed by atoms with Crippen LogP contribution in [0.25, 0.3) is 0 Å². The fourth-order valence-corrected chi connectivity index (χ4v) is 1.68. The zero-order valence-corrected chi connectivity index (χ0v) is 10.7. The number of amides is 1. The molecule has 0 aromatic carbocycles. The monoisotopic (exact) mass is 259 g/mol. The van der Waals surface area contributed by atoms with E-state index in [1.54, 1.807) is 0 Å². The fourth-order valence-electron chi connectivity index (χ4n) is 1.18. The maximum Gasteiger partial charge on any atom is 0.267 e. The van der Waals surface area contributed by atoms with Gasteiger partial charge in [0.15, 0.2) is 0 Å². The van der Waals surface area contributed by atoms with Crippen LogP contribution in [0.4, 0.5) is 0 Å². The van der Waals surface area contributed by atoms with Gasteiger partial charge in [0.25, 0.3) is 5.91 Å². The Labute approximate surface area is 101 Å². The van der Waals surface area contributed by atoms with Crippen molar-refractivity contribution in [1.29, 1.82) is 0 Å². The molecule has 0 spiro atoms. The molecule has 1 rings (SSSR count). The molecule has 1 heterocycles. The van der Waals surface area contributed by atoms with E-state index in [9.17, 15) is 13.2 Å². The summed E-state index contributed by atoms with van der Waals surface area (Å²) in [7, 11) is -3.76. The van der Waals surface area contributed by atoms with Gasteiger partial charge >= 0.3 is 0 Å². The zero-order chi connectivity index (χ0) is 13.1. The second kappa shape index (κ2) is 5.33. The molecule has 0 aliphatic carbocycles. The highest BCUT2D eigenvalue weighted by Crippen LogP contribution is 2.08. The summed E-state index contributed by atoms with van der Waals surface area (Å²) in [6.45, 7) is 4.61. The second-order valence-corrected chi connectivity index (χ2v) is 5.58. The SMILES string of the molecule is CCC(C)CNC(=O)c1cc(S(N)(=O)=O)c[nH]1. The number of aromatic amines is 1. The molecule has 1 aromatic heterocycles. The molecule has 96 valence electrons. The third-order valence-corrected chi connectivity index (χ3v) is 3.43. The summed E-state index contributed by atoms with van der Waals surface area (Å²) in [4.78, 5) is 14.1. The maximum absolute atomic E-state index is 11.6. The quantitative estimate of drug-likeness (QED) is 0.714. The van der Waals surface area contributed by atoms with E-state index in [0.717, 1.165) is 6.42 Å². The van der Waals surface area contributed by atoms with E-state index >= 15 is 0 Å². The number of rotatable bonds is 5. The molecular formula is C10H17N3O3S. The third-order valence-electron chi connectivity index (χ3n) is 2.54.